The summed E-state index contributed by atoms with van der Waals surface area (Å²) in [6.45, 7) is 6.08. The maximum atomic E-state index is 12.2. The standard InChI is InChI=1S/C14H22F3N3O/c1-4-6-11-19-12(18-8-5-2)10(3)13(20-11)21-9-7-14(15,16)17/h4-9H2,1-3H3,(H,18,19,20). The fourth-order valence-electron chi connectivity index (χ4n) is 1.70. The van der Waals surface area contributed by atoms with Crippen LogP contribution in [0.1, 0.15) is 44.5 Å². The zero-order valence-electron chi connectivity index (χ0n) is 12.7. The van der Waals surface area contributed by atoms with E-state index in [1.807, 2.05) is 13.8 Å². The predicted octanol–water partition coefficient (Wildman–Crippen LogP) is 3.89. The number of aromatic nitrogens is 2. The van der Waals surface area contributed by atoms with Gasteiger partial charge in [-0.25, -0.2) is 4.98 Å². The maximum Gasteiger partial charge on any atom is 0.392 e. The molecule has 21 heavy (non-hydrogen) atoms. The van der Waals surface area contributed by atoms with Gasteiger partial charge in [0.2, 0.25) is 5.88 Å². The molecule has 0 fully saturated rings. The van der Waals surface area contributed by atoms with Crippen LogP contribution in [-0.4, -0.2) is 29.3 Å². The third kappa shape index (κ3) is 6.18. The van der Waals surface area contributed by atoms with Crippen molar-refractivity contribution in [3.05, 3.63) is 11.4 Å². The molecule has 0 unspecified atom stereocenters. The van der Waals surface area contributed by atoms with Gasteiger partial charge in [0, 0.05) is 13.0 Å². The molecule has 0 saturated carbocycles. The third-order valence-corrected chi connectivity index (χ3v) is 2.79. The smallest absolute Gasteiger partial charge is 0.392 e. The summed E-state index contributed by atoms with van der Waals surface area (Å²) in [4.78, 5) is 8.60. The molecule has 0 amide bonds. The molecule has 4 nitrogen and oxygen atoms in total. The van der Waals surface area contributed by atoms with E-state index >= 15 is 0 Å². The van der Waals surface area contributed by atoms with Crippen LogP contribution < -0.4 is 10.1 Å². The third-order valence-electron chi connectivity index (χ3n) is 2.79. The van der Waals surface area contributed by atoms with E-state index < -0.39 is 19.2 Å². The Kier molecular flexibility index (Phi) is 6.71. The average molecular weight is 305 g/mol. The Hall–Kier alpha value is -1.53. The summed E-state index contributed by atoms with van der Waals surface area (Å²) in [5, 5.41) is 3.16. The zero-order chi connectivity index (χ0) is 15.9. The highest BCUT2D eigenvalue weighted by molar-refractivity contribution is 5.48. The molecule has 1 aromatic rings. The van der Waals surface area contributed by atoms with E-state index in [1.54, 1.807) is 6.92 Å². The number of nitrogens with one attached hydrogen (secondary N) is 1. The number of hydrogen-bond acceptors (Lipinski definition) is 4. The van der Waals surface area contributed by atoms with Crippen LogP contribution in [0.25, 0.3) is 0 Å². The Morgan fingerprint density at radius 3 is 2.43 bits per heavy atom. The van der Waals surface area contributed by atoms with Crippen molar-refractivity contribution in [3.8, 4) is 5.88 Å². The minimum absolute atomic E-state index is 0.233. The van der Waals surface area contributed by atoms with Crippen molar-refractivity contribution in [2.24, 2.45) is 0 Å². The quantitative estimate of drug-likeness (QED) is 0.791. The van der Waals surface area contributed by atoms with Gasteiger partial charge >= 0.3 is 6.18 Å². The number of hydrogen-bond donors (Lipinski definition) is 1. The molecule has 0 atom stereocenters. The Bertz CT molecular complexity index is 450. The number of alkyl halides is 3. The molecular weight excluding hydrogens is 283 g/mol. The summed E-state index contributed by atoms with van der Waals surface area (Å²) < 4.78 is 41.7. The van der Waals surface area contributed by atoms with Crippen LogP contribution in [0.4, 0.5) is 19.0 Å². The van der Waals surface area contributed by atoms with Gasteiger partial charge in [0.25, 0.3) is 0 Å². The van der Waals surface area contributed by atoms with Crippen molar-refractivity contribution in [3.63, 3.8) is 0 Å². The van der Waals surface area contributed by atoms with E-state index in [-0.39, 0.29) is 5.88 Å². The average Bonchev–Trinajstić information content (AvgIpc) is 2.39. The molecule has 0 bridgehead atoms. The Balaban J connectivity index is 2.86. The van der Waals surface area contributed by atoms with Gasteiger partial charge in [-0.05, 0) is 19.8 Å². The minimum atomic E-state index is -4.23. The molecule has 0 spiro atoms. The van der Waals surface area contributed by atoms with Crippen LogP contribution in [0.3, 0.4) is 0 Å². The van der Waals surface area contributed by atoms with Gasteiger partial charge in [0.05, 0.1) is 18.6 Å². The van der Waals surface area contributed by atoms with E-state index in [9.17, 15) is 13.2 Å². The predicted molar refractivity (Wildman–Crippen MR) is 75.7 cm³/mol. The first-order valence-electron chi connectivity index (χ1n) is 7.18. The molecule has 1 heterocycles. The van der Waals surface area contributed by atoms with Crippen LogP contribution in [0.5, 0.6) is 5.88 Å². The second kappa shape index (κ2) is 8.05. The highest BCUT2D eigenvalue weighted by Crippen LogP contribution is 2.24. The van der Waals surface area contributed by atoms with Gasteiger partial charge in [0.1, 0.15) is 11.6 Å². The van der Waals surface area contributed by atoms with Gasteiger partial charge in [-0.2, -0.15) is 18.2 Å². The highest BCUT2D eigenvalue weighted by Gasteiger charge is 2.27. The first kappa shape index (κ1) is 17.5. The van der Waals surface area contributed by atoms with Crippen LogP contribution in [-0.2, 0) is 6.42 Å². The fraction of sp³-hybridized carbons (Fsp3) is 0.714. The minimum Gasteiger partial charge on any atom is -0.477 e. The molecule has 0 saturated heterocycles. The SMILES string of the molecule is CCCNc1nc(CCC)nc(OCCC(F)(F)F)c1C. The Morgan fingerprint density at radius 2 is 1.86 bits per heavy atom. The summed E-state index contributed by atoms with van der Waals surface area (Å²) in [5.74, 6) is 1.46. The van der Waals surface area contributed by atoms with Crippen molar-refractivity contribution in [2.75, 3.05) is 18.5 Å². The van der Waals surface area contributed by atoms with E-state index in [0.717, 1.165) is 19.4 Å². The highest BCUT2D eigenvalue weighted by atomic mass is 19.4. The summed E-state index contributed by atoms with van der Waals surface area (Å²) in [7, 11) is 0. The van der Waals surface area contributed by atoms with Gasteiger partial charge in [-0.15, -0.1) is 0 Å². The fourth-order valence-corrected chi connectivity index (χ4v) is 1.70. The molecule has 1 aromatic heterocycles. The van der Waals surface area contributed by atoms with Crippen molar-refractivity contribution in [1.82, 2.24) is 9.97 Å². The second-order valence-corrected chi connectivity index (χ2v) is 4.81. The molecule has 0 aliphatic heterocycles. The van der Waals surface area contributed by atoms with Crippen molar-refractivity contribution >= 4 is 5.82 Å². The second-order valence-electron chi connectivity index (χ2n) is 4.81. The first-order chi connectivity index (χ1) is 9.87. The molecule has 7 heteroatoms. The Labute approximate surface area is 123 Å². The normalized spacial score (nSPS) is 11.5. The number of ether oxygens (including phenoxy) is 1. The van der Waals surface area contributed by atoms with Crippen molar-refractivity contribution in [1.29, 1.82) is 0 Å². The van der Waals surface area contributed by atoms with E-state index in [4.69, 9.17) is 4.74 Å². The monoisotopic (exact) mass is 305 g/mol. The van der Waals surface area contributed by atoms with Crippen LogP contribution >= 0.6 is 0 Å². The molecular formula is C14H22F3N3O. The lowest BCUT2D eigenvalue weighted by molar-refractivity contribution is -0.139. The summed E-state index contributed by atoms with van der Waals surface area (Å²) >= 11 is 0. The van der Waals surface area contributed by atoms with Crippen LogP contribution in [0.2, 0.25) is 0 Å². The van der Waals surface area contributed by atoms with Crippen molar-refractivity contribution in [2.45, 2.75) is 52.6 Å². The molecule has 120 valence electrons. The number of rotatable bonds is 8. The molecule has 0 aromatic carbocycles. The first-order valence-corrected chi connectivity index (χ1v) is 7.18. The molecule has 1 rings (SSSR count). The maximum absolute atomic E-state index is 12.2. The molecule has 0 aliphatic carbocycles. The van der Waals surface area contributed by atoms with Gasteiger partial charge in [0.15, 0.2) is 0 Å². The van der Waals surface area contributed by atoms with Gasteiger partial charge < -0.3 is 10.1 Å². The van der Waals surface area contributed by atoms with E-state index in [0.29, 0.717) is 23.6 Å². The molecule has 0 radical (unpaired) electrons. The van der Waals surface area contributed by atoms with Crippen molar-refractivity contribution < 1.29 is 17.9 Å². The largest absolute Gasteiger partial charge is 0.477 e. The Morgan fingerprint density at radius 1 is 1.14 bits per heavy atom. The summed E-state index contributed by atoms with van der Waals surface area (Å²) in [5.41, 5.74) is 0.644. The molecule has 0 aliphatic rings. The topological polar surface area (TPSA) is 47.0 Å². The summed E-state index contributed by atoms with van der Waals surface area (Å²) in [6, 6.07) is 0. The number of anilines is 1. The number of halogens is 3. The summed E-state index contributed by atoms with van der Waals surface area (Å²) in [6.07, 6.45) is -2.76. The number of nitrogens with zero attached hydrogens (tertiary/aromatic N) is 2. The lowest BCUT2D eigenvalue weighted by Crippen LogP contribution is -2.15. The van der Waals surface area contributed by atoms with Crippen LogP contribution in [0, 0.1) is 6.92 Å². The lowest BCUT2D eigenvalue weighted by atomic mass is 10.2. The van der Waals surface area contributed by atoms with Gasteiger partial charge in [-0.1, -0.05) is 13.8 Å². The molecule has 1 N–H and O–H groups in total. The van der Waals surface area contributed by atoms with Crippen LogP contribution in [0.15, 0.2) is 0 Å². The van der Waals surface area contributed by atoms with Gasteiger partial charge in [-0.3, -0.25) is 0 Å². The number of aryl methyl sites for hydroxylation is 1. The van der Waals surface area contributed by atoms with E-state index in [2.05, 4.69) is 15.3 Å². The van der Waals surface area contributed by atoms with E-state index in [1.165, 1.54) is 0 Å². The zero-order valence-corrected chi connectivity index (χ0v) is 12.7. The lowest BCUT2D eigenvalue weighted by Gasteiger charge is -2.14.